The Bertz CT molecular complexity index is 166. The molecule has 1 fully saturated rings. The zero-order valence-corrected chi connectivity index (χ0v) is 9.32. The smallest absolute Gasteiger partial charge is 0.00115 e. The van der Waals surface area contributed by atoms with Gasteiger partial charge in [-0.3, -0.25) is 0 Å². The first-order valence-corrected chi connectivity index (χ1v) is 5.46. The van der Waals surface area contributed by atoms with Crippen molar-refractivity contribution in [2.24, 2.45) is 5.41 Å². The number of rotatable bonds is 2. The quantitative estimate of drug-likeness (QED) is 0.645. The normalized spacial score (nSPS) is 18.8. The number of hydrogen-bond acceptors (Lipinski definition) is 1. The number of nitrogens with one attached hydrogen (secondary N) is 1. The van der Waals surface area contributed by atoms with E-state index in [2.05, 4.69) is 32.2 Å². The molecular weight excluding hydrogens is 158 g/mol. The van der Waals surface area contributed by atoms with Crippen molar-refractivity contribution in [3.05, 3.63) is 11.6 Å². The molecule has 0 aromatic rings. The first-order chi connectivity index (χ1) is 6.08. The molecule has 0 radical (unpaired) electrons. The van der Waals surface area contributed by atoms with Crippen LogP contribution >= 0.6 is 0 Å². The minimum Gasteiger partial charge on any atom is -0.316 e. The summed E-state index contributed by atoms with van der Waals surface area (Å²) in [5, 5.41) is 3.38. The van der Waals surface area contributed by atoms with E-state index in [1.54, 1.807) is 5.57 Å². The third-order valence-corrected chi connectivity index (χ3v) is 2.57. The summed E-state index contributed by atoms with van der Waals surface area (Å²) in [4.78, 5) is 0. The first kappa shape index (κ1) is 10.8. The minimum absolute atomic E-state index is 0.490. The van der Waals surface area contributed by atoms with Crippen molar-refractivity contribution in [1.82, 2.24) is 5.32 Å². The lowest BCUT2D eigenvalue weighted by molar-refractivity contribution is 0.380. The van der Waals surface area contributed by atoms with Crippen LogP contribution in [0.2, 0.25) is 0 Å². The van der Waals surface area contributed by atoms with E-state index in [1.807, 2.05) is 0 Å². The van der Waals surface area contributed by atoms with Crippen LogP contribution in [0.25, 0.3) is 0 Å². The van der Waals surface area contributed by atoms with Gasteiger partial charge in [-0.2, -0.15) is 0 Å². The zero-order valence-electron chi connectivity index (χ0n) is 9.32. The first-order valence-electron chi connectivity index (χ1n) is 5.46. The maximum Gasteiger partial charge on any atom is -0.00115 e. The van der Waals surface area contributed by atoms with Crippen LogP contribution in [-0.2, 0) is 0 Å². The molecule has 1 saturated heterocycles. The van der Waals surface area contributed by atoms with Crippen LogP contribution in [0.3, 0.4) is 0 Å². The molecule has 0 atom stereocenters. The second-order valence-corrected chi connectivity index (χ2v) is 5.21. The maximum atomic E-state index is 3.38. The molecule has 0 aliphatic carbocycles. The molecule has 0 amide bonds. The van der Waals surface area contributed by atoms with Gasteiger partial charge in [-0.25, -0.2) is 0 Å². The molecule has 1 N–H and O–H groups in total. The molecule has 0 unspecified atom stereocenters. The Balaban J connectivity index is 2.22. The average Bonchev–Trinajstić information content (AvgIpc) is 2.04. The average molecular weight is 181 g/mol. The van der Waals surface area contributed by atoms with Gasteiger partial charge in [0.25, 0.3) is 0 Å². The third-order valence-electron chi connectivity index (χ3n) is 2.57. The van der Waals surface area contributed by atoms with Crippen LogP contribution in [-0.4, -0.2) is 13.1 Å². The van der Waals surface area contributed by atoms with Crippen LogP contribution in [0.5, 0.6) is 0 Å². The second kappa shape index (κ2) is 4.80. The highest BCUT2D eigenvalue weighted by atomic mass is 14.9. The monoisotopic (exact) mass is 181 g/mol. The summed E-state index contributed by atoms with van der Waals surface area (Å²) in [7, 11) is 0. The number of allylic oxidation sites excluding steroid dienone is 1. The summed E-state index contributed by atoms with van der Waals surface area (Å²) in [6.45, 7) is 9.30. The van der Waals surface area contributed by atoms with Crippen LogP contribution in [0.4, 0.5) is 0 Å². The Hall–Kier alpha value is -0.300. The topological polar surface area (TPSA) is 12.0 Å². The van der Waals surface area contributed by atoms with E-state index in [0.717, 1.165) is 0 Å². The van der Waals surface area contributed by atoms with E-state index in [4.69, 9.17) is 0 Å². The molecule has 13 heavy (non-hydrogen) atoms. The maximum absolute atomic E-state index is 3.38. The van der Waals surface area contributed by atoms with Gasteiger partial charge in [0, 0.05) is 0 Å². The lowest BCUT2D eigenvalue weighted by Crippen LogP contribution is -2.23. The molecule has 0 saturated carbocycles. The third kappa shape index (κ3) is 5.09. The molecule has 1 heteroatoms. The second-order valence-electron chi connectivity index (χ2n) is 5.21. The molecular formula is C12H23N. The summed E-state index contributed by atoms with van der Waals surface area (Å²) in [6, 6.07) is 0. The van der Waals surface area contributed by atoms with Crippen molar-refractivity contribution in [2.75, 3.05) is 13.1 Å². The summed E-state index contributed by atoms with van der Waals surface area (Å²) in [6.07, 6.45) is 7.57. The van der Waals surface area contributed by atoms with E-state index in [0.29, 0.717) is 5.41 Å². The Kier molecular flexibility index (Phi) is 3.98. The molecule has 1 rings (SSSR count). The van der Waals surface area contributed by atoms with Gasteiger partial charge in [-0.15, -0.1) is 0 Å². The van der Waals surface area contributed by atoms with Crippen LogP contribution in [0.15, 0.2) is 11.6 Å². The fourth-order valence-corrected chi connectivity index (χ4v) is 1.66. The van der Waals surface area contributed by atoms with Crippen molar-refractivity contribution in [2.45, 2.75) is 46.5 Å². The van der Waals surface area contributed by atoms with Gasteiger partial charge in [-0.1, -0.05) is 32.4 Å². The van der Waals surface area contributed by atoms with Gasteiger partial charge in [-0.05, 0) is 44.2 Å². The van der Waals surface area contributed by atoms with Crippen molar-refractivity contribution in [1.29, 1.82) is 0 Å². The highest BCUT2D eigenvalue weighted by molar-refractivity contribution is 5.05. The predicted molar refractivity (Wildman–Crippen MR) is 58.9 cm³/mol. The Labute approximate surface area is 82.6 Å². The predicted octanol–water partition coefficient (Wildman–Crippen LogP) is 3.12. The Morgan fingerprint density at radius 1 is 1.23 bits per heavy atom. The van der Waals surface area contributed by atoms with Crippen molar-refractivity contribution in [3.63, 3.8) is 0 Å². The Morgan fingerprint density at radius 3 is 2.38 bits per heavy atom. The highest BCUT2D eigenvalue weighted by Gasteiger charge is 2.09. The van der Waals surface area contributed by atoms with Gasteiger partial charge in [0.15, 0.2) is 0 Å². The van der Waals surface area contributed by atoms with E-state index in [1.165, 1.54) is 38.8 Å². The molecule has 1 heterocycles. The van der Waals surface area contributed by atoms with Crippen LogP contribution < -0.4 is 5.32 Å². The van der Waals surface area contributed by atoms with Gasteiger partial charge < -0.3 is 5.32 Å². The molecule has 0 bridgehead atoms. The molecule has 0 spiro atoms. The summed E-state index contributed by atoms with van der Waals surface area (Å²) in [5.74, 6) is 0. The fourth-order valence-electron chi connectivity index (χ4n) is 1.66. The van der Waals surface area contributed by atoms with E-state index >= 15 is 0 Å². The largest absolute Gasteiger partial charge is 0.316 e. The van der Waals surface area contributed by atoms with E-state index < -0.39 is 0 Å². The summed E-state index contributed by atoms with van der Waals surface area (Å²) in [5.41, 5.74) is 2.16. The van der Waals surface area contributed by atoms with Gasteiger partial charge >= 0.3 is 0 Å². The SMILES string of the molecule is CC(C)(C)CCC=C1CCNCC1. The fraction of sp³-hybridized carbons (Fsp3) is 0.833. The molecule has 0 aromatic heterocycles. The lowest BCUT2D eigenvalue weighted by atomic mass is 9.89. The number of piperidine rings is 1. The summed E-state index contributed by atoms with van der Waals surface area (Å²) >= 11 is 0. The van der Waals surface area contributed by atoms with Gasteiger partial charge in [0.2, 0.25) is 0 Å². The lowest BCUT2D eigenvalue weighted by Gasteiger charge is -2.18. The highest BCUT2D eigenvalue weighted by Crippen LogP contribution is 2.22. The summed E-state index contributed by atoms with van der Waals surface area (Å²) < 4.78 is 0. The molecule has 1 nitrogen and oxygen atoms in total. The minimum atomic E-state index is 0.490. The van der Waals surface area contributed by atoms with E-state index in [9.17, 15) is 0 Å². The Morgan fingerprint density at radius 2 is 1.85 bits per heavy atom. The van der Waals surface area contributed by atoms with Crippen molar-refractivity contribution >= 4 is 0 Å². The molecule has 1 aliphatic heterocycles. The molecule has 1 aliphatic rings. The molecule has 76 valence electrons. The van der Waals surface area contributed by atoms with E-state index in [-0.39, 0.29) is 0 Å². The number of hydrogen-bond donors (Lipinski definition) is 1. The zero-order chi connectivity index (χ0) is 9.73. The van der Waals surface area contributed by atoms with Crippen LogP contribution in [0, 0.1) is 5.41 Å². The molecule has 0 aromatic carbocycles. The van der Waals surface area contributed by atoms with Gasteiger partial charge in [0.1, 0.15) is 0 Å². The van der Waals surface area contributed by atoms with Crippen molar-refractivity contribution in [3.8, 4) is 0 Å². The van der Waals surface area contributed by atoms with Crippen molar-refractivity contribution < 1.29 is 0 Å². The van der Waals surface area contributed by atoms with Crippen LogP contribution in [0.1, 0.15) is 46.5 Å². The standard InChI is InChI=1S/C12H23N/c1-12(2,3)8-4-5-11-6-9-13-10-7-11/h5,13H,4,6-10H2,1-3H3. The van der Waals surface area contributed by atoms with Gasteiger partial charge in [0.05, 0.1) is 0 Å².